The van der Waals surface area contributed by atoms with Gasteiger partial charge >= 0.3 is 0 Å². The predicted octanol–water partition coefficient (Wildman–Crippen LogP) is 2.57. The standard InChI is InChI=1S/C17H23N3O2/c1-12(15-10-13-6-3-4-7-14(13)22-15)20-16(18-2)19-11-17(21)8-5-9-17/h3-4,6-7,10,12,21H,5,8-9,11H2,1-2H3,(H2,18,19,20). The molecule has 2 aromatic rings. The second-order valence-electron chi connectivity index (χ2n) is 6.06. The number of fused-ring (bicyclic) bond motifs is 1. The number of aliphatic imine (C=N–C) groups is 1. The molecule has 0 spiro atoms. The largest absolute Gasteiger partial charge is 0.459 e. The number of nitrogens with zero attached hydrogens (tertiary/aromatic N) is 1. The number of hydrogen-bond donors (Lipinski definition) is 3. The summed E-state index contributed by atoms with van der Waals surface area (Å²) >= 11 is 0. The van der Waals surface area contributed by atoms with Crippen LogP contribution in [0.15, 0.2) is 39.7 Å². The average molecular weight is 301 g/mol. The maximum absolute atomic E-state index is 10.1. The fraction of sp³-hybridized carbons (Fsp3) is 0.471. The van der Waals surface area contributed by atoms with Crippen LogP contribution in [0.1, 0.15) is 38.0 Å². The van der Waals surface area contributed by atoms with E-state index in [1.54, 1.807) is 7.05 Å². The van der Waals surface area contributed by atoms with Crippen molar-refractivity contribution in [1.29, 1.82) is 0 Å². The maximum atomic E-state index is 10.1. The summed E-state index contributed by atoms with van der Waals surface area (Å²) in [6, 6.07) is 10.0. The minimum atomic E-state index is -0.569. The summed E-state index contributed by atoms with van der Waals surface area (Å²) in [7, 11) is 1.73. The van der Waals surface area contributed by atoms with Crippen molar-refractivity contribution in [3.8, 4) is 0 Å². The molecule has 1 saturated carbocycles. The number of nitrogens with one attached hydrogen (secondary N) is 2. The molecule has 1 aromatic heterocycles. The molecule has 0 amide bonds. The third-order valence-electron chi connectivity index (χ3n) is 4.32. The summed E-state index contributed by atoms with van der Waals surface area (Å²) < 4.78 is 5.86. The first kappa shape index (κ1) is 14.9. The Balaban J connectivity index is 1.62. The Hall–Kier alpha value is -2.01. The molecule has 0 bridgehead atoms. The van der Waals surface area contributed by atoms with Crippen LogP contribution in [0.2, 0.25) is 0 Å². The van der Waals surface area contributed by atoms with Crippen LogP contribution in [0.5, 0.6) is 0 Å². The van der Waals surface area contributed by atoms with Gasteiger partial charge in [-0.1, -0.05) is 18.2 Å². The van der Waals surface area contributed by atoms with Gasteiger partial charge in [-0.25, -0.2) is 0 Å². The summed E-state index contributed by atoms with van der Waals surface area (Å²) in [4.78, 5) is 4.21. The van der Waals surface area contributed by atoms with Gasteiger partial charge in [0.1, 0.15) is 11.3 Å². The van der Waals surface area contributed by atoms with E-state index >= 15 is 0 Å². The molecular weight excluding hydrogens is 278 g/mol. The molecule has 22 heavy (non-hydrogen) atoms. The second-order valence-corrected chi connectivity index (χ2v) is 6.06. The van der Waals surface area contributed by atoms with Gasteiger partial charge in [-0.15, -0.1) is 0 Å². The molecule has 1 aliphatic rings. The quantitative estimate of drug-likeness (QED) is 0.599. The van der Waals surface area contributed by atoms with Gasteiger partial charge < -0.3 is 20.2 Å². The second kappa shape index (κ2) is 6.01. The third kappa shape index (κ3) is 3.09. The van der Waals surface area contributed by atoms with Gasteiger partial charge in [0.2, 0.25) is 0 Å². The van der Waals surface area contributed by atoms with Gasteiger partial charge in [-0.3, -0.25) is 4.99 Å². The van der Waals surface area contributed by atoms with Crippen LogP contribution in [0, 0.1) is 0 Å². The molecule has 1 atom stereocenters. The van der Waals surface area contributed by atoms with Crippen LogP contribution in [-0.2, 0) is 0 Å². The first-order valence-corrected chi connectivity index (χ1v) is 7.78. The normalized spacial score (nSPS) is 18.8. The number of benzene rings is 1. The smallest absolute Gasteiger partial charge is 0.191 e. The first-order valence-electron chi connectivity index (χ1n) is 7.78. The molecule has 5 heteroatoms. The lowest BCUT2D eigenvalue weighted by Crippen LogP contribution is -2.50. The monoisotopic (exact) mass is 301 g/mol. The Labute approximate surface area is 130 Å². The minimum absolute atomic E-state index is 0.00497. The number of hydrogen-bond acceptors (Lipinski definition) is 3. The molecule has 5 nitrogen and oxygen atoms in total. The van der Waals surface area contributed by atoms with Crippen molar-refractivity contribution in [3.63, 3.8) is 0 Å². The summed E-state index contributed by atoms with van der Waals surface area (Å²) in [5.74, 6) is 1.54. The molecule has 3 N–H and O–H groups in total. The van der Waals surface area contributed by atoms with Crippen molar-refractivity contribution < 1.29 is 9.52 Å². The lowest BCUT2D eigenvalue weighted by molar-refractivity contribution is -0.0279. The van der Waals surface area contributed by atoms with Crippen molar-refractivity contribution in [1.82, 2.24) is 10.6 Å². The zero-order valence-corrected chi connectivity index (χ0v) is 13.1. The Kier molecular flexibility index (Phi) is 4.07. The molecule has 1 aromatic carbocycles. The van der Waals surface area contributed by atoms with Gasteiger partial charge in [0, 0.05) is 19.0 Å². The van der Waals surface area contributed by atoms with E-state index in [1.807, 2.05) is 37.3 Å². The molecule has 118 valence electrons. The highest BCUT2D eigenvalue weighted by atomic mass is 16.3. The molecular formula is C17H23N3O2. The van der Waals surface area contributed by atoms with Crippen LogP contribution in [0.25, 0.3) is 11.0 Å². The van der Waals surface area contributed by atoms with Crippen LogP contribution in [0.4, 0.5) is 0 Å². The number of furan rings is 1. The van der Waals surface area contributed by atoms with E-state index in [0.29, 0.717) is 12.5 Å². The van der Waals surface area contributed by atoms with Gasteiger partial charge in [0.05, 0.1) is 11.6 Å². The summed E-state index contributed by atoms with van der Waals surface area (Å²) in [5.41, 5.74) is 0.318. The molecule has 1 unspecified atom stereocenters. The van der Waals surface area contributed by atoms with E-state index in [4.69, 9.17) is 4.42 Å². The average Bonchev–Trinajstić information content (AvgIpc) is 2.93. The fourth-order valence-electron chi connectivity index (χ4n) is 2.70. The number of para-hydroxylation sites is 1. The summed E-state index contributed by atoms with van der Waals surface area (Å²) in [5, 5.41) is 17.7. The van der Waals surface area contributed by atoms with Crippen LogP contribution in [-0.4, -0.2) is 30.3 Å². The molecule has 0 saturated heterocycles. The molecule has 0 aliphatic heterocycles. The van der Waals surface area contributed by atoms with E-state index in [0.717, 1.165) is 36.0 Å². The SMILES string of the molecule is CN=C(NCC1(O)CCC1)NC(C)c1cc2ccccc2o1. The Morgan fingerprint density at radius 1 is 1.41 bits per heavy atom. The third-order valence-corrected chi connectivity index (χ3v) is 4.32. The van der Waals surface area contributed by atoms with Gasteiger partial charge in [0.25, 0.3) is 0 Å². The van der Waals surface area contributed by atoms with E-state index in [2.05, 4.69) is 15.6 Å². The van der Waals surface area contributed by atoms with E-state index < -0.39 is 5.60 Å². The Bertz CT molecular complexity index is 640. The molecule has 1 fully saturated rings. The van der Waals surface area contributed by atoms with E-state index in [1.165, 1.54) is 0 Å². The molecule has 0 radical (unpaired) electrons. The maximum Gasteiger partial charge on any atom is 0.191 e. The van der Waals surface area contributed by atoms with Crippen LogP contribution in [0.3, 0.4) is 0 Å². The molecule has 3 rings (SSSR count). The Morgan fingerprint density at radius 3 is 2.82 bits per heavy atom. The minimum Gasteiger partial charge on any atom is -0.459 e. The van der Waals surface area contributed by atoms with Crippen molar-refractivity contribution in [3.05, 3.63) is 36.1 Å². The topological polar surface area (TPSA) is 69.8 Å². The number of rotatable bonds is 4. The van der Waals surface area contributed by atoms with Gasteiger partial charge in [-0.2, -0.15) is 0 Å². The number of aliphatic hydroxyl groups is 1. The molecule has 1 heterocycles. The molecule has 1 aliphatic carbocycles. The van der Waals surface area contributed by atoms with Crippen molar-refractivity contribution in [2.45, 2.75) is 37.8 Å². The zero-order chi connectivity index (χ0) is 15.6. The van der Waals surface area contributed by atoms with Crippen LogP contribution >= 0.6 is 0 Å². The highest BCUT2D eigenvalue weighted by Gasteiger charge is 2.34. The van der Waals surface area contributed by atoms with Crippen LogP contribution < -0.4 is 10.6 Å². The zero-order valence-electron chi connectivity index (χ0n) is 13.1. The lowest BCUT2D eigenvalue weighted by Gasteiger charge is -2.37. The van der Waals surface area contributed by atoms with Gasteiger partial charge in [0.15, 0.2) is 5.96 Å². The Morgan fingerprint density at radius 2 is 2.18 bits per heavy atom. The highest BCUT2D eigenvalue weighted by molar-refractivity contribution is 5.81. The van der Waals surface area contributed by atoms with E-state index in [-0.39, 0.29) is 6.04 Å². The fourth-order valence-corrected chi connectivity index (χ4v) is 2.70. The highest BCUT2D eigenvalue weighted by Crippen LogP contribution is 2.30. The van der Waals surface area contributed by atoms with E-state index in [9.17, 15) is 5.11 Å². The van der Waals surface area contributed by atoms with Crippen molar-refractivity contribution in [2.24, 2.45) is 4.99 Å². The summed E-state index contributed by atoms with van der Waals surface area (Å²) in [6.45, 7) is 2.56. The first-order chi connectivity index (χ1) is 10.6. The van der Waals surface area contributed by atoms with Gasteiger partial charge in [-0.05, 0) is 38.3 Å². The predicted molar refractivity (Wildman–Crippen MR) is 87.9 cm³/mol. The van der Waals surface area contributed by atoms with Crippen molar-refractivity contribution >= 4 is 16.9 Å². The van der Waals surface area contributed by atoms with Crippen molar-refractivity contribution in [2.75, 3.05) is 13.6 Å². The number of guanidine groups is 1. The summed E-state index contributed by atoms with van der Waals surface area (Å²) in [6.07, 6.45) is 2.81. The lowest BCUT2D eigenvalue weighted by atomic mass is 9.80.